The monoisotopic (exact) mass is 342 g/mol. The average molecular weight is 342 g/mol. The van der Waals surface area contributed by atoms with Crippen LogP contribution in [-0.2, 0) is 13.8 Å². The fraction of sp³-hybridized carbons (Fsp3) is 0.308. The molecule has 10 heteroatoms. The first-order chi connectivity index (χ1) is 10.8. The number of rotatable bonds is 6. The second kappa shape index (κ2) is 7.12. The third kappa shape index (κ3) is 3.90. The fourth-order valence-corrected chi connectivity index (χ4v) is 2.60. The summed E-state index contributed by atoms with van der Waals surface area (Å²) in [6, 6.07) is 4.73. The predicted molar refractivity (Wildman–Crippen MR) is 85.6 cm³/mol. The second-order valence-electron chi connectivity index (χ2n) is 5.03. The molecule has 3 unspecified atom stereocenters. The quantitative estimate of drug-likeness (QED) is 0.187. The highest BCUT2D eigenvalue weighted by Crippen LogP contribution is 2.33. The van der Waals surface area contributed by atoms with Crippen LogP contribution in [0.5, 0.6) is 0 Å². The molecule has 1 aliphatic heterocycles. The van der Waals surface area contributed by atoms with Crippen molar-refractivity contribution >= 4 is 25.5 Å². The number of nitrogen functional groups attached to an aromatic ring is 1. The third-order valence-electron chi connectivity index (χ3n) is 3.51. The number of hydrazine groups is 1. The first-order valence-electron chi connectivity index (χ1n) is 6.72. The molecule has 9 nitrogen and oxygen atoms in total. The smallest absolute Gasteiger partial charge is 0.316 e. The van der Waals surface area contributed by atoms with Gasteiger partial charge in [-0.2, -0.15) is 0 Å². The minimum atomic E-state index is -3.04. The zero-order valence-corrected chi connectivity index (χ0v) is 13.3. The number of hydrogen-bond acceptors (Lipinski definition) is 7. The van der Waals surface area contributed by atoms with Crippen molar-refractivity contribution in [3.05, 3.63) is 35.9 Å². The molecule has 0 bridgehead atoms. The van der Waals surface area contributed by atoms with Crippen LogP contribution < -0.4 is 22.3 Å². The van der Waals surface area contributed by atoms with Gasteiger partial charge in [-0.05, 0) is 17.7 Å². The third-order valence-corrected chi connectivity index (χ3v) is 3.92. The number of primary amides is 1. The van der Waals surface area contributed by atoms with Crippen molar-refractivity contribution in [2.24, 2.45) is 11.6 Å². The normalized spacial score (nSPS) is 22.1. The molecule has 23 heavy (non-hydrogen) atoms. The van der Waals surface area contributed by atoms with Gasteiger partial charge in [-0.25, -0.2) is 5.84 Å². The maximum Gasteiger partial charge on any atom is 0.316 e. The molecular weight excluding hydrogens is 323 g/mol. The minimum Gasteiger partial charge on any atom is -0.396 e. The number of carbonyl (C=O) groups excluding carboxylic acids is 1. The molecule has 1 amide bonds. The van der Waals surface area contributed by atoms with Gasteiger partial charge < -0.3 is 25.6 Å². The highest BCUT2D eigenvalue weighted by atomic mass is 31.1. The second-order valence-corrected chi connectivity index (χ2v) is 5.85. The Labute approximate surface area is 133 Å². The van der Waals surface area contributed by atoms with Gasteiger partial charge in [0.15, 0.2) is 0 Å². The molecule has 126 valence electrons. The summed E-state index contributed by atoms with van der Waals surface area (Å²) >= 11 is 0. The molecule has 1 aliphatic rings. The van der Waals surface area contributed by atoms with Crippen LogP contribution in [0.25, 0.3) is 0 Å². The van der Waals surface area contributed by atoms with E-state index in [0.717, 1.165) is 0 Å². The summed E-state index contributed by atoms with van der Waals surface area (Å²) < 4.78 is 21.0. The maximum absolute atomic E-state index is 11.3. The molecule has 0 saturated carbocycles. The molecule has 7 N–H and O–H groups in total. The fourth-order valence-electron chi connectivity index (χ4n) is 2.31. The Bertz CT molecular complexity index is 653. The van der Waals surface area contributed by atoms with Crippen LogP contribution in [0.2, 0.25) is 0 Å². The van der Waals surface area contributed by atoms with Gasteiger partial charge in [-0.1, -0.05) is 12.6 Å². The summed E-state index contributed by atoms with van der Waals surface area (Å²) in [7, 11) is -3.04. The zero-order chi connectivity index (χ0) is 17.1. The van der Waals surface area contributed by atoms with Gasteiger partial charge in [-0.15, -0.1) is 0 Å². The lowest BCUT2D eigenvalue weighted by molar-refractivity contribution is 0.0242. The molecular formula is C13H19N4O5P. The number of anilines is 2. The van der Waals surface area contributed by atoms with E-state index in [4.69, 9.17) is 26.9 Å². The van der Waals surface area contributed by atoms with Crippen LogP contribution in [0.3, 0.4) is 0 Å². The van der Waals surface area contributed by atoms with Gasteiger partial charge in [-0.3, -0.25) is 14.4 Å². The summed E-state index contributed by atoms with van der Waals surface area (Å²) in [4.78, 5) is 20.1. The highest BCUT2D eigenvalue weighted by molar-refractivity contribution is 7.32. The van der Waals surface area contributed by atoms with Gasteiger partial charge in [0.2, 0.25) is 0 Å². The van der Waals surface area contributed by atoms with Crippen molar-refractivity contribution in [1.29, 1.82) is 0 Å². The Hall–Kier alpha value is -1.90. The summed E-state index contributed by atoms with van der Waals surface area (Å²) in [6.45, 7) is 3.75. The molecule has 1 aromatic rings. The van der Waals surface area contributed by atoms with Crippen molar-refractivity contribution in [2.75, 3.05) is 17.3 Å². The van der Waals surface area contributed by atoms with E-state index in [2.05, 4.69) is 11.1 Å². The highest BCUT2D eigenvalue weighted by Gasteiger charge is 2.33. The minimum absolute atomic E-state index is 0.0890. The van der Waals surface area contributed by atoms with E-state index in [1.54, 1.807) is 12.1 Å². The molecule has 0 aliphatic carbocycles. The number of amides is 1. The molecule has 0 aromatic heterocycles. The Morgan fingerprint density at radius 2 is 2.26 bits per heavy atom. The van der Waals surface area contributed by atoms with E-state index in [0.29, 0.717) is 17.7 Å². The molecule has 0 radical (unpaired) electrons. The molecule has 1 fully saturated rings. The van der Waals surface area contributed by atoms with Gasteiger partial charge in [0, 0.05) is 6.42 Å². The number of carbonyl (C=O) groups is 1. The maximum atomic E-state index is 11.3. The van der Waals surface area contributed by atoms with Crippen LogP contribution in [0.1, 0.15) is 16.8 Å². The van der Waals surface area contributed by atoms with Crippen molar-refractivity contribution in [1.82, 2.24) is 0 Å². The van der Waals surface area contributed by atoms with E-state index in [-0.39, 0.29) is 17.9 Å². The summed E-state index contributed by atoms with van der Waals surface area (Å²) in [5.41, 5.74) is 12.6. The van der Waals surface area contributed by atoms with Gasteiger partial charge in [0.25, 0.3) is 5.91 Å². The van der Waals surface area contributed by atoms with Crippen LogP contribution in [-0.4, -0.2) is 29.7 Å². The van der Waals surface area contributed by atoms with E-state index in [1.807, 2.05) is 0 Å². The predicted octanol–water partition coefficient (Wildman–Crippen LogP) is 0.118. The number of nitrogens with two attached hydrogens (primary N) is 3. The Morgan fingerprint density at radius 1 is 1.57 bits per heavy atom. The van der Waals surface area contributed by atoms with E-state index < -0.39 is 26.5 Å². The SMILES string of the molecule is C=C1CC(N(N)c2cccc(C(N)=O)c2N)OC1CO[PH](=O)O. The lowest BCUT2D eigenvalue weighted by atomic mass is 10.1. The molecule has 1 heterocycles. The topological polar surface area (TPSA) is 154 Å². The number of para-hydroxylation sites is 1. The summed E-state index contributed by atoms with van der Waals surface area (Å²) in [6.07, 6.45) is -0.757. The molecule has 0 spiro atoms. The van der Waals surface area contributed by atoms with Crippen molar-refractivity contribution in [3.8, 4) is 0 Å². The van der Waals surface area contributed by atoms with E-state index in [9.17, 15) is 9.36 Å². The van der Waals surface area contributed by atoms with Crippen molar-refractivity contribution in [2.45, 2.75) is 18.8 Å². The van der Waals surface area contributed by atoms with Gasteiger partial charge in [0.05, 0.1) is 23.5 Å². The molecule has 1 saturated heterocycles. The number of hydrogen-bond donors (Lipinski definition) is 4. The van der Waals surface area contributed by atoms with Crippen LogP contribution in [0, 0.1) is 0 Å². The number of nitrogens with zero attached hydrogens (tertiary/aromatic N) is 1. The van der Waals surface area contributed by atoms with Crippen LogP contribution in [0.15, 0.2) is 30.4 Å². The van der Waals surface area contributed by atoms with Gasteiger partial charge >= 0.3 is 8.25 Å². The molecule has 1 aromatic carbocycles. The molecule has 3 atom stereocenters. The summed E-state index contributed by atoms with van der Waals surface area (Å²) in [5.74, 6) is 5.38. The first-order valence-corrected chi connectivity index (χ1v) is 7.98. The first kappa shape index (κ1) is 17.5. The van der Waals surface area contributed by atoms with E-state index in [1.165, 1.54) is 11.1 Å². The van der Waals surface area contributed by atoms with E-state index >= 15 is 0 Å². The number of benzene rings is 1. The lowest BCUT2D eigenvalue weighted by Gasteiger charge is -2.27. The largest absolute Gasteiger partial charge is 0.396 e. The van der Waals surface area contributed by atoms with Crippen molar-refractivity contribution in [3.63, 3.8) is 0 Å². The summed E-state index contributed by atoms with van der Waals surface area (Å²) in [5, 5.41) is 1.27. The van der Waals surface area contributed by atoms with Crippen LogP contribution in [0.4, 0.5) is 11.4 Å². The Morgan fingerprint density at radius 3 is 2.87 bits per heavy atom. The van der Waals surface area contributed by atoms with Crippen molar-refractivity contribution < 1.29 is 23.5 Å². The standard InChI is InChI=1S/C13H19N4O5P/c1-7-5-11(22-10(7)6-21-23(19)20)17(16)9-4-2-3-8(12(9)14)13(15)18/h2-4,10-11,23H,1,5-6,14,16H2,(H2,15,18)(H,19,20). The Kier molecular flexibility index (Phi) is 5.40. The Balaban J connectivity index is 2.14. The van der Waals surface area contributed by atoms with Gasteiger partial charge in [0.1, 0.15) is 12.3 Å². The molecule has 2 rings (SSSR count). The average Bonchev–Trinajstić information content (AvgIpc) is 2.85. The number of ether oxygens (including phenoxy) is 1. The van der Waals surface area contributed by atoms with Crippen LogP contribution >= 0.6 is 8.25 Å². The zero-order valence-electron chi connectivity index (χ0n) is 12.3. The lowest BCUT2D eigenvalue weighted by Crippen LogP contribution is -2.42.